The first-order valence-corrected chi connectivity index (χ1v) is 18.8. The second kappa shape index (κ2) is 24.0. The summed E-state index contributed by atoms with van der Waals surface area (Å²) < 4.78 is 23.0. The van der Waals surface area contributed by atoms with Gasteiger partial charge in [0.2, 0.25) is 35.4 Å². The van der Waals surface area contributed by atoms with Crippen molar-refractivity contribution >= 4 is 47.4 Å². The molecule has 60 heavy (non-hydrogen) atoms. The smallest absolute Gasteiger partial charge is 0.326 e. The molecule has 0 aromatic carbocycles. The van der Waals surface area contributed by atoms with Crippen molar-refractivity contribution in [2.45, 2.75) is 151 Å². The monoisotopic (exact) mass is 867 g/mol. The Morgan fingerprint density at radius 1 is 0.717 bits per heavy atom. The minimum Gasteiger partial charge on any atom is -0.480 e. The maximum absolute atomic E-state index is 13.4. The van der Waals surface area contributed by atoms with E-state index in [1.807, 2.05) is 0 Å². The van der Waals surface area contributed by atoms with Crippen LogP contribution in [-0.2, 0) is 57.3 Å². The van der Waals surface area contributed by atoms with Gasteiger partial charge in [0.15, 0.2) is 12.6 Å². The molecule has 16 N–H and O–H groups in total. The van der Waals surface area contributed by atoms with Gasteiger partial charge in [-0.05, 0) is 39.5 Å². The van der Waals surface area contributed by atoms with Crippen LogP contribution in [0.3, 0.4) is 0 Å². The molecular weight excluding hydrogens is 810 g/mol. The molecular formula is C34H57N7O19. The molecule has 2 aliphatic rings. The van der Waals surface area contributed by atoms with Crippen molar-refractivity contribution in [3.8, 4) is 0 Å². The lowest BCUT2D eigenvalue weighted by atomic mass is 9.94. The minimum absolute atomic E-state index is 0.0547. The summed E-state index contributed by atoms with van der Waals surface area (Å²) in [5, 5.41) is 82.5. The first kappa shape index (κ1) is 51.5. The van der Waals surface area contributed by atoms with E-state index in [-0.39, 0.29) is 19.3 Å². The van der Waals surface area contributed by atoms with Crippen molar-refractivity contribution in [1.29, 1.82) is 0 Å². The lowest BCUT2D eigenvalue weighted by Crippen LogP contribution is -2.70. The number of amides is 6. The van der Waals surface area contributed by atoms with Crippen molar-refractivity contribution < 1.29 is 93.0 Å². The molecule has 15 unspecified atom stereocenters. The van der Waals surface area contributed by atoms with Gasteiger partial charge >= 0.3 is 11.9 Å². The number of aliphatic hydroxyl groups is 5. The van der Waals surface area contributed by atoms with E-state index in [4.69, 9.17) is 30.4 Å². The molecule has 2 heterocycles. The number of carboxylic acid groups (broad SMARTS) is 2. The Balaban J connectivity index is 2.18. The zero-order valence-corrected chi connectivity index (χ0v) is 33.3. The average molecular weight is 868 g/mol. The molecule has 0 bridgehead atoms. The molecule has 342 valence electrons. The number of carbonyl (C=O) groups is 8. The summed E-state index contributed by atoms with van der Waals surface area (Å²) in [7, 11) is 0. The second-order valence-electron chi connectivity index (χ2n) is 14.3. The fraction of sp³-hybridized carbons (Fsp3) is 0.765. The predicted octanol–water partition coefficient (Wildman–Crippen LogP) is -7.29. The van der Waals surface area contributed by atoms with Gasteiger partial charge in [0, 0.05) is 20.3 Å². The number of ether oxygens (including phenoxy) is 4. The highest BCUT2D eigenvalue weighted by Gasteiger charge is 2.53. The zero-order valence-electron chi connectivity index (χ0n) is 33.3. The van der Waals surface area contributed by atoms with E-state index in [2.05, 4.69) is 26.6 Å². The summed E-state index contributed by atoms with van der Waals surface area (Å²) in [6.07, 6.45) is -15.8. The van der Waals surface area contributed by atoms with E-state index < -0.39 is 165 Å². The zero-order chi connectivity index (χ0) is 45.6. The molecule has 6 amide bonds. The topological polar surface area (TPSA) is 427 Å². The van der Waals surface area contributed by atoms with Gasteiger partial charge in [-0.2, -0.15) is 0 Å². The number of aliphatic carboxylic acids is 2. The van der Waals surface area contributed by atoms with Crippen LogP contribution in [0.15, 0.2) is 0 Å². The number of nitrogens with one attached hydrogen (secondary N) is 5. The van der Waals surface area contributed by atoms with Crippen LogP contribution < -0.4 is 38.1 Å². The molecule has 26 nitrogen and oxygen atoms in total. The molecule has 2 saturated heterocycles. The van der Waals surface area contributed by atoms with Gasteiger partial charge in [0.05, 0.1) is 19.3 Å². The molecule has 2 rings (SSSR count). The Labute approximate surface area is 343 Å². The third kappa shape index (κ3) is 15.1. The van der Waals surface area contributed by atoms with Crippen LogP contribution in [0.1, 0.15) is 59.8 Å². The molecule has 2 fully saturated rings. The number of primary amides is 1. The van der Waals surface area contributed by atoms with Crippen LogP contribution in [0.4, 0.5) is 0 Å². The van der Waals surface area contributed by atoms with Gasteiger partial charge in [-0.3, -0.25) is 28.8 Å². The summed E-state index contributed by atoms with van der Waals surface area (Å²) in [5.41, 5.74) is 10.6. The van der Waals surface area contributed by atoms with E-state index in [9.17, 15) is 74.1 Å². The molecule has 26 heteroatoms. The van der Waals surface area contributed by atoms with Gasteiger partial charge in [-0.1, -0.05) is 0 Å². The fourth-order valence-electron chi connectivity index (χ4n) is 6.25. The molecule has 2 aliphatic heterocycles. The van der Waals surface area contributed by atoms with Crippen LogP contribution in [-0.4, -0.2) is 188 Å². The first-order chi connectivity index (χ1) is 28.0. The Kier molecular flexibility index (Phi) is 20.6. The van der Waals surface area contributed by atoms with Crippen LogP contribution in [0.5, 0.6) is 0 Å². The van der Waals surface area contributed by atoms with E-state index in [0.29, 0.717) is 0 Å². The van der Waals surface area contributed by atoms with E-state index >= 15 is 0 Å². The summed E-state index contributed by atoms with van der Waals surface area (Å²) in [5.74, 6) is -8.08. The Morgan fingerprint density at radius 3 is 1.82 bits per heavy atom. The van der Waals surface area contributed by atoms with Gasteiger partial charge in [-0.25, -0.2) is 9.59 Å². The summed E-state index contributed by atoms with van der Waals surface area (Å²) in [4.78, 5) is 97.8. The van der Waals surface area contributed by atoms with Crippen LogP contribution in [0.2, 0.25) is 0 Å². The summed E-state index contributed by atoms with van der Waals surface area (Å²) in [6.45, 7) is 2.83. The number of hydrogen-bond acceptors (Lipinski definition) is 18. The van der Waals surface area contributed by atoms with Crippen LogP contribution >= 0.6 is 0 Å². The average Bonchev–Trinajstić information content (AvgIpc) is 3.16. The van der Waals surface area contributed by atoms with Crippen LogP contribution in [0, 0.1) is 0 Å². The van der Waals surface area contributed by atoms with Gasteiger partial charge in [-0.15, -0.1) is 0 Å². The number of rotatable bonds is 23. The lowest BCUT2D eigenvalue weighted by molar-refractivity contribution is -0.333. The standard InChI is InChI=1S/C34H57N7O19/c1-12(29(50)41-18(32(54)55)8-9-21(46)40-17(31(52)53)7-5-6-16(35)28(36)49)37-30(51)13(2)57-27-23(39-15(4)45)33(56)58-20(11-43)26(27)60-34-22(38-14(3)44)25(48)24(47)19(10-42)59-34/h12-13,16-20,22-27,33-34,42-43,47-48,56H,5-11,35H2,1-4H3,(H2,36,49)(H,37,51)(H,38,44)(H,39,45)(H,40,46)(H,41,50)(H,52,53)(H,54,55). The quantitative estimate of drug-likeness (QED) is 0.0453. The van der Waals surface area contributed by atoms with Crippen molar-refractivity contribution in [1.82, 2.24) is 26.6 Å². The molecule has 0 saturated carbocycles. The van der Waals surface area contributed by atoms with Gasteiger partial charge in [0.1, 0.15) is 72.9 Å². The highest BCUT2D eigenvalue weighted by Crippen LogP contribution is 2.31. The van der Waals surface area contributed by atoms with Crippen molar-refractivity contribution in [2.24, 2.45) is 11.5 Å². The van der Waals surface area contributed by atoms with Crippen molar-refractivity contribution in [3.05, 3.63) is 0 Å². The third-order valence-electron chi connectivity index (χ3n) is 9.52. The van der Waals surface area contributed by atoms with E-state index in [0.717, 1.165) is 13.8 Å². The summed E-state index contributed by atoms with van der Waals surface area (Å²) >= 11 is 0. The lowest BCUT2D eigenvalue weighted by Gasteiger charge is -2.48. The molecule has 15 atom stereocenters. The number of hydrogen-bond donors (Lipinski definition) is 14. The maximum Gasteiger partial charge on any atom is 0.326 e. The normalized spacial score (nSPS) is 29.0. The summed E-state index contributed by atoms with van der Waals surface area (Å²) in [6, 6.07) is -8.58. The first-order valence-electron chi connectivity index (χ1n) is 18.8. The Hall–Kier alpha value is -4.64. The predicted molar refractivity (Wildman–Crippen MR) is 197 cm³/mol. The maximum atomic E-state index is 13.4. The van der Waals surface area contributed by atoms with Crippen LogP contribution in [0.25, 0.3) is 0 Å². The van der Waals surface area contributed by atoms with E-state index in [1.54, 1.807) is 0 Å². The van der Waals surface area contributed by atoms with E-state index in [1.165, 1.54) is 13.8 Å². The van der Waals surface area contributed by atoms with Crippen molar-refractivity contribution in [2.75, 3.05) is 13.2 Å². The molecule has 0 radical (unpaired) electrons. The second-order valence-corrected chi connectivity index (χ2v) is 14.3. The minimum atomic E-state index is -1.89. The third-order valence-corrected chi connectivity index (χ3v) is 9.52. The largest absolute Gasteiger partial charge is 0.480 e. The Bertz CT molecular complexity index is 1520. The number of nitrogens with two attached hydrogens (primary N) is 2. The number of carboxylic acids is 2. The highest BCUT2D eigenvalue weighted by molar-refractivity contribution is 5.91. The fourth-order valence-corrected chi connectivity index (χ4v) is 6.25. The number of aliphatic hydroxyl groups excluding tert-OH is 5. The Morgan fingerprint density at radius 2 is 1.28 bits per heavy atom. The van der Waals surface area contributed by atoms with Crippen molar-refractivity contribution in [3.63, 3.8) is 0 Å². The highest BCUT2D eigenvalue weighted by atomic mass is 16.7. The SMILES string of the molecule is CC(=O)NC1C(OC2C(CO)OC(O)C(NC(C)=O)C2OC(C)C(=O)NC(C)C(=O)NC(CCC(=O)NC(CCCC(N)C(N)=O)C(=O)O)C(=O)O)OC(CO)C(O)C1O. The molecule has 0 aliphatic carbocycles. The van der Waals surface area contributed by atoms with Gasteiger partial charge in [0.25, 0.3) is 0 Å². The molecule has 0 spiro atoms. The van der Waals surface area contributed by atoms with Gasteiger partial charge < -0.3 is 92.7 Å². The number of carbonyl (C=O) groups excluding carboxylic acids is 6. The molecule has 0 aromatic rings. The molecule has 0 aromatic heterocycles.